The van der Waals surface area contributed by atoms with Crippen LogP contribution in [0.5, 0.6) is 0 Å². The van der Waals surface area contributed by atoms with Crippen LogP contribution in [0.25, 0.3) is 11.3 Å². The van der Waals surface area contributed by atoms with Gasteiger partial charge in [-0.2, -0.15) is 0 Å². The molecule has 4 nitrogen and oxygen atoms in total. The second-order valence-electron chi connectivity index (χ2n) is 4.15. The summed E-state index contributed by atoms with van der Waals surface area (Å²) in [5, 5.41) is 6.54. The maximum absolute atomic E-state index is 5.85. The molecule has 0 spiro atoms. The minimum atomic E-state index is 0.190. The van der Waals surface area contributed by atoms with Crippen molar-refractivity contribution in [1.82, 2.24) is 4.98 Å². The van der Waals surface area contributed by atoms with E-state index in [0.717, 1.165) is 10.4 Å². The Labute approximate surface area is 130 Å². The second-order valence-corrected chi connectivity index (χ2v) is 5.56. The van der Waals surface area contributed by atoms with Crippen LogP contribution in [0.15, 0.2) is 57.5 Å². The van der Waals surface area contributed by atoms with Crippen LogP contribution in [0.1, 0.15) is 10.8 Å². The van der Waals surface area contributed by atoms with Gasteiger partial charge in [0.1, 0.15) is 0 Å². The summed E-state index contributed by atoms with van der Waals surface area (Å²) in [6.45, 7) is 0.190. The number of hydrogen-bond acceptors (Lipinski definition) is 5. The third-order valence-electron chi connectivity index (χ3n) is 2.67. The number of oxazole rings is 1. The summed E-state index contributed by atoms with van der Waals surface area (Å²) in [7, 11) is 0. The van der Waals surface area contributed by atoms with Gasteiger partial charge in [0.15, 0.2) is 12.4 Å². The zero-order valence-corrected chi connectivity index (χ0v) is 12.5. The average molecular weight is 319 g/mol. The molecule has 2 aromatic heterocycles. The Hall–Kier alpha value is -2.11. The molecule has 0 atom stereocenters. The molecule has 0 aliphatic rings. The molecular weight excluding hydrogens is 308 g/mol. The van der Waals surface area contributed by atoms with E-state index in [0.29, 0.717) is 16.7 Å². The highest BCUT2D eigenvalue weighted by molar-refractivity contribution is 7.11. The molecule has 6 heteroatoms. The number of rotatable bonds is 5. The Morgan fingerprint density at radius 1 is 1.29 bits per heavy atom. The van der Waals surface area contributed by atoms with Crippen LogP contribution in [-0.2, 0) is 11.4 Å². The largest absolute Gasteiger partial charge is 0.437 e. The Balaban J connectivity index is 1.59. The first kappa shape index (κ1) is 13.9. The van der Waals surface area contributed by atoms with Crippen molar-refractivity contribution in [1.29, 1.82) is 0 Å². The Morgan fingerprint density at radius 2 is 2.14 bits per heavy atom. The second kappa shape index (κ2) is 6.56. The summed E-state index contributed by atoms with van der Waals surface area (Å²) in [5.74, 6) is 1.15. The Kier molecular flexibility index (Phi) is 4.33. The van der Waals surface area contributed by atoms with Crippen molar-refractivity contribution in [3.63, 3.8) is 0 Å². The normalized spacial score (nSPS) is 11.1. The third-order valence-corrected chi connectivity index (χ3v) is 3.73. The van der Waals surface area contributed by atoms with Crippen molar-refractivity contribution >= 4 is 29.2 Å². The van der Waals surface area contributed by atoms with E-state index in [1.807, 2.05) is 29.6 Å². The molecule has 0 unspecified atom stereocenters. The van der Waals surface area contributed by atoms with Crippen LogP contribution in [0.4, 0.5) is 0 Å². The molecule has 0 N–H and O–H groups in total. The van der Waals surface area contributed by atoms with Crippen LogP contribution >= 0.6 is 22.9 Å². The highest BCUT2D eigenvalue weighted by Crippen LogP contribution is 2.22. The lowest BCUT2D eigenvalue weighted by atomic mass is 10.2. The fourth-order valence-electron chi connectivity index (χ4n) is 1.67. The summed E-state index contributed by atoms with van der Waals surface area (Å²) in [6, 6.07) is 11.3. The van der Waals surface area contributed by atoms with Crippen molar-refractivity contribution in [2.45, 2.75) is 6.61 Å². The van der Waals surface area contributed by atoms with Crippen LogP contribution in [0.2, 0.25) is 5.02 Å². The third kappa shape index (κ3) is 3.71. The van der Waals surface area contributed by atoms with Gasteiger partial charge >= 0.3 is 0 Å². The lowest BCUT2D eigenvalue weighted by Crippen LogP contribution is -1.86. The van der Waals surface area contributed by atoms with Crippen molar-refractivity contribution in [2.75, 3.05) is 0 Å². The van der Waals surface area contributed by atoms with E-state index in [2.05, 4.69) is 10.1 Å². The molecule has 0 bridgehead atoms. The van der Waals surface area contributed by atoms with Crippen molar-refractivity contribution in [3.8, 4) is 11.3 Å². The first-order valence-electron chi connectivity index (χ1n) is 6.21. The molecule has 0 saturated heterocycles. The van der Waals surface area contributed by atoms with Gasteiger partial charge in [0.25, 0.3) is 0 Å². The zero-order valence-electron chi connectivity index (χ0n) is 10.9. The number of nitrogens with zero attached hydrogens (tertiary/aromatic N) is 2. The molecule has 0 radical (unpaired) electrons. The number of thiophene rings is 1. The topological polar surface area (TPSA) is 47.6 Å². The van der Waals surface area contributed by atoms with Crippen molar-refractivity contribution in [3.05, 3.63) is 63.8 Å². The SMILES string of the molecule is Clc1ccc(-c2cnc(CON=Cc3cccs3)o2)cc1. The predicted octanol–water partition coefficient (Wildman–Crippen LogP) is 4.61. The van der Waals surface area contributed by atoms with Gasteiger partial charge in [-0.3, -0.25) is 0 Å². The van der Waals surface area contributed by atoms with Gasteiger partial charge in [0, 0.05) is 15.5 Å². The summed E-state index contributed by atoms with van der Waals surface area (Å²) in [5.41, 5.74) is 0.917. The number of aromatic nitrogens is 1. The van der Waals surface area contributed by atoms with E-state index >= 15 is 0 Å². The molecule has 0 saturated carbocycles. The van der Waals surface area contributed by atoms with E-state index in [1.165, 1.54) is 0 Å². The molecular formula is C15H11ClN2O2S. The zero-order chi connectivity index (χ0) is 14.5. The molecule has 0 fully saturated rings. The molecule has 0 amide bonds. The van der Waals surface area contributed by atoms with Crippen LogP contribution < -0.4 is 0 Å². The molecule has 106 valence electrons. The molecule has 3 rings (SSSR count). The smallest absolute Gasteiger partial charge is 0.235 e. The van der Waals surface area contributed by atoms with Gasteiger partial charge in [0.2, 0.25) is 5.89 Å². The molecule has 0 aliphatic carbocycles. The van der Waals surface area contributed by atoms with Gasteiger partial charge in [-0.25, -0.2) is 4.98 Å². The number of hydrogen-bond donors (Lipinski definition) is 0. The predicted molar refractivity (Wildman–Crippen MR) is 83.7 cm³/mol. The average Bonchev–Trinajstić information content (AvgIpc) is 3.16. The maximum atomic E-state index is 5.85. The maximum Gasteiger partial charge on any atom is 0.235 e. The summed E-state index contributed by atoms with van der Waals surface area (Å²) >= 11 is 7.44. The number of oxime groups is 1. The van der Waals surface area contributed by atoms with Crippen molar-refractivity contribution in [2.24, 2.45) is 5.16 Å². The monoisotopic (exact) mass is 318 g/mol. The standard InChI is InChI=1S/C15H11ClN2O2S/c16-12-5-3-11(4-6-12)14-9-17-15(20-14)10-19-18-8-13-2-1-7-21-13/h1-9H,10H2. The molecule has 2 heterocycles. The highest BCUT2D eigenvalue weighted by atomic mass is 35.5. The first-order chi connectivity index (χ1) is 10.3. The van der Waals surface area contributed by atoms with Crippen LogP contribution in [0.3, 0.4) is 0 Å². The fraction of sp³-hybridized carbons (Fsp3) is 0.0667. The Morgan fingerprint density at radius 3 is 2.90 bits per heavy atom. The highest BCUT2D eigenvalue weighted by Gasteiger charge is 2.06. The van der Waals surface area contributed by atoms with E-state index in [4.69, 9.17) is 20.9 Å². The van der Waals surface area contributed by atoms with E-state index in [-0.39, 0.29) is 6.61 Å². The van der Waals surface area contributed by atoms with Gasteiger partial charge in [-0.15, -0.1) is 11.3 Å². The molecule has 1 aromatic carbocycles. The molecule has 21 heavy (non-hydrogen) atoms. The minimum Gasteiger partial charge on any atom is -0.437 e. The lowest BCUT2D eigenvalue weighted by Gasteiger charge is -1.96. The van der Waals surface area contributed by atoms with E-state index < -0.39 is 0 Å². The quantitative estimate of drug-likeness (QED) is 0.510. The first-order valence-corrected chi connectivity index (χ1v) is 7.46. The van der Waals surface area contributed by atoms with Gasteiger partial charge in [-0.05, 0) is 35.7 Å². The van der Waals surface area contributed by atoms with Gasteiger partial charge in [-0.1, -0.05) is 22.8 Å². The molecule has 3 aromatic rings. The van der Waals surface area contributed by atoms with Gasteiger partial charge in [0.05, 0.1) is 12.4 Å². The van der Waals surface area contributed by atoms with E-state index in [1.54, 1.807) is 35.9 Å². The molecule has 0 aliphatic heterocycles. The van der Waals surface area contributed by atoms with Crippen LogP contribution in [0, 0.1) is 0 Å². The fourth-order valence-corrected chi connectivity index (χ4v) is 2.37. The number of halogens is 1. The summed E-state index contributed by atoms with van der Waals surface area (Å²) < 4.78 is 5.60. The van der Waals surface area contributed by atoms with Gasteiger partial charge < -0.3 is 9.25 Å². The van der Waals surface area contributed by atoms with E-state index in [9.17, 15) is 0 Å². The number of benzene rings is 1. The van der Waals surface area contributed by atoms with Crippen molar-refractivity contribution < 1.29 is 9.25 Å². The minimum absolute atomic E-state index is 0.190. The Bertz CT molecular complexity index is 720. The lowest BCUT2D eigenvalue weighted by molar-refractivity contribution is 0.113. The summed E-state index contributed by atoms with van der Waals surface area (Å²) in [6.07, 6.45) is 3.32. The van der Waals surface area contributed by atoms with Crippen LogP contribution in [-0.4, -0.2) is 11.2 Å². The summed E-state index contributed by atoms with van der Waals surface area (Å²) in [4.78, 5) is 10.3.